The van der Waals surface area contributed by atoms with Crippen molar-refractivity contribution in [3.8, 4) is 17.2 Å². The lowest BCUT2D eigenvalue weighted by atomic mass is 10.2. The Morgan fingerprint density at radius 3 is 1.95 bits per heavy atom. The summed E-state index contributed by atoms with van der Waals surface area (Å²) in [5.74, 6) is 1.75. The van der Waals surface area contributed by atoms with Crippen molar-refractivity contribution >= 4 is 30.7 Å². The second-order valence-electron chi connectivity index (χ2n) is 3.86. The Morgan fingerprint density at radius 2 is 1.52 bits per heavy atom. The lowest BCUT2D eigenvalue weighted by Crippen LogP contribution is -1.99. The fraction of sp³-hybridized carbons (Fsp3) is 0.250. The lowest BCUT2D eigenvalue weighted by Gasteiger charge is -2.11. The van der Waals surface area contributed by atoms with Gasteiger partial charge in [0.05, 0.1) is 33.1 Å². The minimum absolute atomic E-state index is 0.364. The zero-order valence-corrected chi connectivity index (χ0v) is 13.3. The quantitative estimate of drug-likeness (QED) is 0.652. The van der Waals surface area contributed by atoms with Gasteiger partial charge in [-0.25, -0.2) is 0 Å². The maximum Gasteiger partial charge on any atom is 0.215 e. The summed E-state index contributed by atoms with van der Waals surface area (Å²) in [6, 6.07) is 3.47. The molecule has 0 radical (unpaired) electrons. The van der Waals surface area contributed by atoms with E-state index in [4.69, 9.17) is 38.6 Å². The van der Waals surface area contributed by atoms with Crippen molar-refractivity contribution < 1.29 is 14.2 Å². The number of rotatable bonds is 5. The largest absolute Gasteiger partial charge is 0.496 e. The third kappa shape index (κ3) is 3.14. The van der Waals surface area contributed by atoms with Gasteiger partial charge in [-0.3, -0.25) is 10.2 Å². The molecule has 2 N–H and O–H groups in total. The molecule has 0 aliphatic heterocycles. The fourth-order valence-electron chi connectivity index (χ4n) is 1.69. The predicted octanol–water partition coefficient (Wildman–Crippen LogP) is 2.51. The third-order valence-electron chi connectivity index (χ3n) is 2.72. The molecule has 9 heteroatoms. The van der Waals surface area contributed by atoms with Gasteiger partial charge in [-0.05, 0) is 24.4 Å². The van der Waals surface area contributed by atoms with Gasteiger partial charge < -0.3 is 14.2 Å². The van der Waals surface area contributed by atoms with Crippen molar-refractivity contribution in [3.63, 3.8) is 0 Å². The molecule has 7 nitrogen and oxygen atoms in total. The molecule has 0 fully saturated rings. The van der Waals surface area contributed by atoms with Crippen LogP contribution in [0.2, 0.25) is 0 Å². The highest BCUT2D eigenvalue weighted by molar-refractivity contribution is 7.72. The standard InChI is InChI=1S/C12H14N4O3S2/c1-17-7-4-9(18-2)8(10(5-7)19-3)6-13-16-11(20)14-15-12(16)21/h4-6H,1-3H3,(H,14,20)(H,15,21)/b13-6-. The normalized spacial score (nSPS) is 10.8. The average Bonchev–Trinajstić information content (AvgIpc) is 2.83. The molecule has 2 rings (SSSR count). The van der Waals surface area contributed by atoms with Crippen molar-refractivity contribution in [2.45, 2.75) is 0 Å². The van der Waals surface area contributed by atoms with E-state index < -0.39 is 0 Å². The summed E-state index contributed by atoms with van der Waals surface area (Å²) in [6.07, 6.45) is 1.56. The van der Waals surface area contributed by atoms with Crippen LogP contribution in [0.25, 0.3) is 0 Å². The highest BCUT2D eigenvalue weighted by atomic mass is 32.1. The van der Waals surface area contributed by atoms with Crippen LogP contribution in [0, 0.1) is 9.54 Å². The number of aromatic nitrogens is 3. The minimum Gasteiger partial charge on any atom is -0.496 e. The van der Waals surface area contributed by atoms with Gasteiger partial charge in [0.25, 0.3) is 0 Å². The Labute approximate surface area is 131 Å². The molecule has 0 amide bonds. The van der Waals surface area contributed by atoms with E-state index in [0.29, 0.717) is 32.4 Å². The predicted molar refractivity (Wildman–Crippen MR) is 83.9 cm³/mol. The number of ether oxygens (including phenoxy) is 3. The molecule has 21 heavy (non-hydrogen) atoms. The number of hydrogen-bond donors (Lipinski definition) is 2. The molecule has 1 aromatic heterocycles. The van der Waals surface area contributed by atoms with Crippen LogP contribution in [0.5, 0.6) is 17.2 Å². The topological polar surface area (TPSA) is 76.6 Å². The second kappa shape index (κ2) is 6.55. The van der Waals surface area contributed by atoms with Gasteiger partial charge >= 0.3 is 0 Å². The first-order valence-electron chi connectivity index (χ1n) is 5.84. The third-order valence-corrected chi connectivity index (χ3v) is 3.27. The molecule has 0 atom stereocenters. The number of nitrogens with zero attached hydrogens (tertiary/aromatic N) is 2. The van der Waals surface area contributed by atoms with Crippen molar-refractivity contribution in [2.75, 3.05) is 21.3 Å². The molecule has 0 spiro atoms. The number of aromatic amines is 2. The number of H-pyrrole nitrogens is 2. The monoisotopic (exact) mass is 326 g/mol. The number of benzene rings is 1. The van der Waals surface area contributed by atoms with Gasteiger partial charge in [0, 0.05) is 12.1 Å². The lowest BCUT2D eigenvalue weighted by molar-refractivity contribution is 0.374. The van der Waals surface area contributed by atoms with Gasteiger partial charge in [-0.2, -0.15) is 9.78 Å². The molecule has 0 aliphatic carbocycles. The average molecular weight is 326 g/mol. The molecule has 0 saturated heterocycles. The molecule has 0 unspecified atom stereocenters. The van der Waals surface area contributed by atoms with E-state index in [1.165, 1.54) is 4.68 Å². The van der Waals surface area contributed by atoms with Crippen molar-refractivity contribution in [1.29, 1.82) is 0 Å². The van der Waals surface area contributed by atoms with E-state index in [1.54, 1.807) is 39.7 Å². The summed E-state index contributed by atoms with van der Waals surface area (Å²) in [4.78, 5) is 0. The van der Waals surface area contributed by atoms with Crippen LogP contribution in [-0.2, 0) is 0 Å². The number of methoxy groups -OCH3 is 3. The maximum atomic E-state index is 5.33. The Hall–Kier alpha value is -2.13. The van der Waals surface area contributed by atoms with Crippen molar-refractivity contribution in [1.82, 2.24) is 14.9 Å². The summed E-state index contributed by atoms with van der Waals surface area (Å²) >= 11 is 10.1. The Balaban J connectivity index is 2.53. The van der Waals surface area contributed by atoms with Gasteiger partial charge in [-0.1, -0.05) is 0 Å². The van der Waals surface area contributed by atoms with Gasteiger partial charge in [-0.15, -0.1) is 0 Å². The summed E-state index contributed by atoms with van der Waals surface area (Å²) < 4.78 is 18.0. The van der Waals surface area contributed by atoms with E-state index in [-0.39, 0.29) is 0 Å². The van der Waals surface area contributed by atoms with Gasteiger partial charge in [0.1, 0.15) is 17.2 Å². The number of nitrogens with one attached hydrogen (secondary N) is 2. The van der Waals surface area contributed by atoms with Crippen molar-refractivity contribution in [3.05, 3.63) is 27.2 Å². The molecule has 1 heterocycles. The van der Waals surface area contributed by atoms with E-state index in [1.807, 2.05) is 0 Å². The molecule has 112 valence electrons. The summed E-state index contributed by atoms with van der Waals surface area (Å²) in [6.45, 7) is 0. The molecule has 0 saturated carbocycles. The number of hydrogen-bond acceptors (Lipinski definition) is 6. The molecule has 0 bridgehead atoms. The highest BCUT2D eigenvalue weighted by Crippen LogP contribution is 2.32. The van der Waals surface area contributed by atoms with Crippen LogP contribution in [0.15, 0.2) is 17.2 Å². The van der Waals surface area contributed by atoms with Crippen LogP contribution in [-0.4, -0.2) is 42.4 Å². The Bertz CT molecular complexity index is 723. The summed E-state index contributed by atoms with van der Waals surface area (Å²) in [7, 11) is 4.68. The summed E-state index contributed by atoms with van der Waals surface area (Å²) in [5, 5.41) is 9.63. The smallest absolute Gasteiger partial charge is 0.215 e. The SMILES string of the molecule is COc1cc(OC)c(/C=N\n2c(=S)[nH][nH]c2=S)c(OC)c1. The maximum absolute atomic E-state index is 5.33. The van der Waals surface area contributed by atoms with Crippen LogP contribution < -0.4 is 14.2 Å². The van der Waals surface area contributed by atoms with Crippen LogP contribution >= 0.6 is 24.4 Å². The van der Waals surface area contributed by atoms with E-state index in [2.05, 4.69) is 15.3 Å². The van der Waals surface area contributed by atoms with E-state index in [9.17, 15) is 0 Å². The first kappa shape index (κ1) is 15.3. The first-order chi connectivity index (χ1) is 10.1. The molecule has 0 aliphatic rings. The zero-order chi connectivity index (χ0) is 15.4. The molecule has 1 aromatic carbocycles. The van der Waals surface area contributed by atoms with Crippen LogP contribution in [0.3, 0.4) is 0 Å². The van der Waals surface area contributed by atoms with E-state index >= 15 is 0 Å². The second-order valence-corrected chi connectivity index (χ2v) is 4.64. The van der Waals surface area contributed by atoms with Gasteiger partial charge in [0.2, 0.25) is 9.54 Å². The van der Waals surface area contributed by atoms with Crippen LogP contribution in [0.4, 0.5) is 0 Å². The zero-order valence-electron chi connectivity index (χ0n) is 11.7. The molecular weight excluding hydrogens is 312 g/mol. The van der Waals surface area contributed by atoms with E-state index in [0.717, 1.165) is 0 Å². The van der Waals surface area contributed by atoms with Gasteiger partial charge in [0.15, 0.2) is 0 Å². The Kier molecular flexibility index (Phi) is 4.76. The molecular formula is C12H14N4O3S2. The van der Waals surface area contributed by atoms with Crippen LogP contribution in [0.1, 0.15) is 5.56 Å². The minimum atomic E-state index is 0.364. The first-order valence-corrected chi connectivity index (χ1v) is 6.66. The summed E-state index contributed by atoms with van der Waals surface area (Å²) in [5.41, 5.74) is 0.651. The molecule has 2 aromatic rings. The van der Waals surface area contributed by atoms with Crippen molar-refractivity contribution in [2.24, 2.45) is 5.10 Å². The Morgan fingerprint density at radius 1 is 1.00 bits per heavy atom. The fourth-order valence-corrected chi connectivity index (χ4v) is 2.12. The highest BCUT2D eigenvalue weighted by Gasteiger charge is 2.11.